The lowest BCUT2D eigenvalue weighted by Gasteiger charge is -2.29. The lowest BCUT2D eigenvalue weighted by atomic mass is 9.80. The first-order valence-corrected chi connectivity index (χ1v) is 7.77. The third-order valence-corrected chi connectivity index (χ3v) is 5.77. The first kappa shape index (κ1) is 16.4. The zero-order valence-corrected chi connectivity index (χ0v) is 11.7. The average molecular weight is 301 g/mol. The van der Waals surface area contributed by atoms with Crippen molar-refractivity contribution < 1.29 is 26.4 Å². The second kappa shape index (κ2) is 5.40. The topological polar surface area (TPSA) is 63.2 Å². The van der Waals surface area contributed by atoms with Crippen molar-refractivity contribution in [3.8, 4) is 0 Å². The van der Waals surface area contributed by atoms with Crippen molar-refractivity contribution in [3.05, 3.63) is 0 Å². The van der Waals surface area contributed by atoms with Crippen LogP contribution in [0.3, 0.4) is 0 Å². The molecule has 1 aliphatic rings. The van der Waals surface area contributed by atoms with Crippen LogP contribution < -0.4 is 5.32 Å². The Morgan fingerprint density at radius 3 is 2.32 bits per heavy atom. The molecular weight excluding hydrogens is 283 g/mol. The molecule has 4 nitrogen and oxygen atoms in total. The third kappa shape index (κ3) is 3.28. The molecule has 1 saturated heterocycles. The van der Waals surface area contributed by atoms with E-state index in [0.717, 1.165) is 0 Å². The molecule has 1 fully saturated rings. The SMILES string of the molecule is CC(C)S(=O)(=O)CCC(=O)C1(C(F)(F)F)CCNC1. The largest absolute Gasteiger partial charge is 0.402 e. The summed E-state index contributed by atoms with van der Waals surface area (Å²) in [6.45, 7) is 2.53. The molecule has 19 heavy (non-hydrogen) atoms. The molecule has 0 aromatic carbocycles. The van der Waals surface area contributed by atoms with E-state index in [2.05, 4.69) is 5.32 Å². The molecule has 1 rings (SSSR count). The summed E-state index contributed by atoms with van der Waals surface area (Å²) in [5.41, 5.74) is -2.42. The Balaban J connectivity index is 2.82. The van der Waals surface area contributed by atoms with Gasteiger partial charge in [-0.25, -0.2) is 8.42 Å². The van der Waals surface area contributed by atoms with E-state index >= 15 is 0 Å². The summed E-state index contributed by atoms with van der Waals surface area (Å²) in [5.74, 6) is -1.56. The van der Waals surface area contributed by atoms with E-state index in [-0.39, 0.29) is 13.0 Å². The number of alkyl halides is 3. The van der Waals surface area contributed by atoms with E-state index < -0.39 is 51.2 Å². The van der Waals surface area contributed by atoms with Gasteiger partial charge in [-0.1, -0.05) is 0 Å². The summed E-state index contributed by atoms with van der Waals surface area (Å²) in [6.07, 6.45) is -5.55. The van der Waals surface area contributed by atoms with Crippen LogP contribution in [0.25, 0.3) is 0 Å². The molecule has 0 aliphatic carbocycles. The molecule has 0 aromatic heterocycles. The van der Waals surface area contributed by atoms with Crippen LogP contribution in [0.15, 0.2) is 0 Å². The number of hydrogen-bond donors (Lipinski definition) is 1. The second-order valence-corrected chi connectivity index (χ2v) is 7.77. The average Bonchev–Trinajstić information content (AvgIpc) is 2.75. The number of nitrogens with one attached hydrogen (secondary N) is 1. The van der Waals surface area contributed by atoms with Crippen molar-refractivity contribution in [1.29, 1.82) is 0 Å². The van der Waals surface area contributed by atoms with Gasteiger partial charge in [-0.2, -0.15) is 13.2 Å². The monoisotopic (exact) mass is 301 g/mol. The van der Waals surface area contributed by atoms with E-state index in [1.165, 1.54) is 13.8 Å². The van der Waals surface area contributed by atoms with Crippen LogP contribution in [-0.4, -0.2) is 44.5 Å². The molecule has 112 valence electrons. The number of carbonyl (C=O) groups is 1. The number of halogens is 3. The number of ketones is 1. The minimum Gasteiger partial charge on any atom is -0.315 e. The Bertz CT molecular complexity index is 437. The highest BCUT2D eigenvalue weighted by atomic mass is 32.2. The summed E-state index contributed by atoms with van der Waals surface area (Å²) in [5, 5.41) is 1.84. The number of carbonyl (C=O) groups excluding carboxylic acids is 1. The van der Waals surface area contributed by atoms with E-state index in [1.807, 2.05) is 0 Å². The molecule has 0 amide bonds. The van der Waals surface area contributed by atoms with Gasteiger partial charge in [0.1, 0.15) is 11.2 Å². The standard InChI is InChI=1S/C11H18F3NO3S/c1-8(2)19(17,18)6-3-9(16)10(11(12,13)14)4-5-15-7-10/h8,15H,3-7H2,1-2H3. The highest BCUT2D eigenvalue weighted by Crippen LogP contribution is 2.44. The van der Waals surface area contributed by atoms with Crippen LogP contribution in [-0.2, 0) is 14.6 Å². The lowest BCUT2D eigenvalue weighted by Crippen LogP contribution is -2.47. The molecular formula is C11H18F3NO3S. The van der Waals surface area contributed by atoms with Gasteiger partial charge in [0.2, 0.25) is 0 Å². The summed E-state index contributed by atoms with van der Waals surface area (Å²) < 4.78 is 62.2. The molecule has 8 heteroatoms. The predicted octanol–water partition coefficient (Wildman–Crippen LogP) is 1.31. The highest BCUT2D eigenvalue weighted by Gasteiger charge is 2.60. The Morgan fingerprint density at radius 2 is 1.95 bits per heavy atom. The summed E-state index contributed by atoms with van der Waals surface area (Å²) in [4.78, 5) is 11.9. The molecule has 0 radical (unpaired) electrons. The van der Waals surface area contributed by atoms with Crippen LogP contribution >= 0.6 is 0 Å². The van der Waals surface area contributed by atoms with Gasteiger partial charge in [0.15, 0.2) is 9.84 Å². The number of sulfone groups is 1. The minimum atomic E-state index is -4.64. The second-order valence-electron chi connectivity index (χ2n) is 5.10. The third-order valence-electron chi connectivity index (χ3n) is 3.56. The summed E-state index contributed by atoms with van der Waals surface area (Å²) in [6, 6.07) is 0. The Labute approximate surface area is 110 Å². The van der Waals surface area contributed by atoms with Crippen molar-refractivity contribution >= 4 is 15.6 Å². The fourth-order valence-corrected chi connectivity index (χ4v) is 2.98. The molecule has 1 aliphatic heterocycles. The lowest BCUT2D eigenvalue weighted by molar-refractivity contribution is -0.214. The number of rotatable bonds is 5. The van der Waals surface area contributed by atoms with E-state index in [0.29, 0.717) is 0 Å². The van der Waals surface area contributed by atoms with Crippen molar-refractivity contribution in [2.75, 3.05) is 18.8 Å². The Hall–Kier alpha value is -0.630. The molecule has 1 heterocycles. The molecule has 0 bridgehead atoms. The quantitative estimate of drug-likeness (QED) is 0.831. The van der Waals surface area contributed by atoms with Crippen LogP contribution in [0.2, 0.25) is 0 Å². The number of hydrogen-bond acceptors (Lipinski definition) is 4. The van der Waals surface area contributed by atoms with Gasteiger partial charge >= 0.3 is 6.18 Å². The zero-order valence-electron chi connectivity index (χ0n) is 10.9. The first-order chi connectivity index (χ1) is 8.53. The van der Waals surface area contributed by atoms with E-state index in [4.69, 9.17) is 0 Å². The fraction of sp³-hybridized carbons (Fsp3) is 0.909. The maximum absolute atomic E-state index is 13.0. The fourth-order valence-electron chi connectivity index (χ4n) is 2.04. The predicted molar refractivity (Wildman–Crippen MR) is 64.5 cm³/mol. The first-order valence-electron chi connectivity index (χ1n) is 6.05. The van der Waals surface area contributed by atoms with Crippen molar-refractivity contribution in [1.82, 2.24) is 5.32 Å². The van der Waals surface area contributed by atoms with Gasteiger partial charge in [-0.05, 0) is 26.8 Å². The van der Waals surface area contributed by atoms with E-state index in [1.54, 1.807) is 0 Å². The van der Waals surface area contributed by atoms with Crippen molar-refractivity contribution in [3.63, 3.8) is 0 Å². The Morgan fingerprint density at radius 1 is 1.37 bits per heavy atom. The van der Waals surface area contributed by atoms with Crippen molar-refractivity contribution in [2.45, 2.75) is 38.1 Å². The van der Waals surface area contributed by atoms with Gasteiger partial charge in [-0.3, -0.25) is 4.79 Å². The summed E-state index contributed by atoms with van der Waals surface area (Å²) in [7, 11) is -3.50. The van der Waals surface area contributed by atoms with Crippen LogP contribution in [0, 0.1) is 5.41 Å². The van der Waals surface area contributed by atoms with Crippen molar-refractivity contribution in [2.24, 2.45) is 5.41 Å². The maximum Gasteiger partial charge on any atom is 0.402 e. The molecule has 0 aromatic rings. The minimum absolute atomic E-state index is 0.113. The highest BCUT2D eigenvalue weighted by molar-refractivity contribution is 7.91. The summed E-state index contributed by atoms with van der Waals surface area (Å²) >= 11 is 0. The van der Waals surface area contributed by atoms with Crippen LogP contribution in [0.4, 0.5) is 13.2 Å². The molecule has 1 N–H and O–H groups in total. The van der Waals surface area contributed by atoms with E-state index in [9.17, 15) is 26.4 Å². The van der Waals surface area contributed by atoms with Gasteiger partial charge in [0, 0.05) is 13.0 Å². The molecule has 1 unspecified atom stereocenters. The maximum atomic E-state index is 13.0. The van der Waals surface area contributed by atoms with Crippen LogP contribution in [0.5, 0.6) is 0 Å². The Kier molecular flexibility index (Phi) is 4.66. The normalized spacial score (nSPS) is 24.9. The molecule has 0 spiro atoms. The van der Waals surface area contributed by atoms with Gasteiger partial charge < -0.3 is 5.32 Å². The zero-order chi connectivity index (χ0) is 14.9. The number of Topliss-reactive ketones (excluding diaryl/α,β-unsaturated/α-hetero) is 1. The molecule has 1 atom stereocenters. The van der Waals surface area contributed by atoms with Crippen LogP contribution in [0.1, 0.15) is 26.7 Å². The van der Waals surface area contributed by atoms with Gasteiger partial charge in [0.25, 0.3) is 0 Å². The molecule has 0 saturated carbocycles. The van der Waals surface area contributed by atoms with Gasteiger partial charge in [0.05, 0.1) is 11.0 Å². The smallest absolute Gasteiger partial charge is 0.315 e. The van der Waals surface area contributed by atoms with Gasteiger partial charge in [-0.15, -0.1) is 0 Å².